The molecular weight excluding hydrogens is 334 g/mol. The molecule has 0 bridgehead atoms. The van der Waals surface area contributed by atoms with Gasteiger partial charge in [0.05, 0.1) is 23.8 Å². The van der Waals surface area contributed by atoms with E-state index in [1.807, 2.05) is 18.2 Å². The Balaban J connectivity index is 1.60. The van der Waals surface area contributed by atoms with Crippen molar-refractivity contribution in [1.29, 1.82) is 0 Å². The summed E-state index contributed by atoms with van der Waals surface area (Å²) >= 11 is 0. The van der Waals surface area contributed by atoms with E-state index in [1.165, 1.54) is 7.11 Å². The predicted molar refractivity (Wildman–Crippen MR) is 94.8 cm³/mol. The van der Waals surface area contributed by atoms with Gasteiger partial charge in [0.15, 0.2) is 11.5 Å². The molecule has 0 radical (unpaired) electrons. The second-order valence-corrected chi connectivity index (χ2v) is 6.43. The van der Waals surface area contributed by atoms with Gasteiger partial charge in [-0.3, -0.25) is 4.79 Å². The van der Waals surface area contributed by atoms with Crippen LogP contribution in [0.4, 0.5) is 5.69 Å². The molecule has 0 atom stereocenters. The van der Waals surface area contributed by atoms with Gasteiger partial charge in [-0.1, -0.05) is 18.2 Å². The van der Waals surface area contributed by atoms with E-state index in [2.05, 4.69) is 5.32 Å². The van der Waals surface area contributed by atoms with E-state index in [9.17, 15) is 9.59 Å². The minimum Gasteiger partial charge on any atom is -0.486 e. The highest BCUT2D eigenvalue weighted by Crippen LogP contribution is 2.51. The van der Waals surface area contributed by atoms with Crippen molar-refractivity contribution in [1.82, 2.24) is 0 Å². The van der Waals surface area contributed by atoms with E-state index in [0.29, 0.717) is 36.0 Å². The number of methoxy groups -OCH3 is 1. The zero-order valence-electron chi connectivity index (χ0n) is 14.4. The summed E-state index contributed by atoms with van der Waals surface area (Å²) in [6.45, 7) is 1.03. The topological polar surface area (TPSA) is 73.9 Å². The maximum absolute atomic E-state index is 13.0. The first-order valence-corrected chi connectivity index (χ1v) is 8.53. The summed E-state index contributed by atoms with van der Waals surface area (Å²) in [5.41, 5.74) is 1.09. The van der Waals surface area contributed by atoms with Gasteiger partial charge < -0.3 is 19.5 Å². The number of amides is 1. The average Bonchev–Trinajstić information content (AvgIpc) is 3.49. The van der Waals surface area contributed by atoms with Gasteiger partial charge >= 0.3 is 5.97 Å². The first-order valence-electron chi connectivity index (χ1n) is 8.53. The van der Waals surface area contributed by atoms with E-state index in [-0.39, 0.29) is 5.91 Å². The van der Waals surface area contributed by atoms with E-state index in [4.69, 9.17) is 14.2 Å². The molecule has 134 valence electrons. The van der Waals surface area contributed by atoms with Crippen LogP contribution in [0.2, 0.25) is 0 Å². The van der Waals surface area contributed by atoms with Crippen LogP contribution in [0.15, 0.2) is 42.5 Å². The zero-order chi connectivity index (χ0) is 18.1. The van der Waals surface area contributed by atoms with Crippen molar-refractivity contribution in [3.63, 3.8) is 0 Å². The highest BCUT2D eigenvalue weighted by Gasteiger charge is 2.51. The van der Waals surface area contributed by atoms with Gasteiger partial charge in [0, 0.05) is 0 Å². The Labute approximate surface area is 151 Å². The van der Waals surface area contributed by atoms with Crippen molar-refractivity contribution >= 4 is 17.6 Å². The highest BCUT2D eigenvalue weighted by molar-refractivity contribution is 6.06. The van der Waals surface area contributed by atoms with Crippen LogP contribution in [-0.2, 0) is 14.9 Å². The molecule has 0 saturated heterocycles. The number of esters is 1. The van der Waals surface area contributed by atoms with Crippen LogP contribution in [0.1, 0.15) is 28.8 Å². The number of ether oxygens (including phenoxy) is 3. The molecule has 1 aliphatic heterocycles. The van der Waals surface area contributed by atoms with E-state index < -0.39 is 11.4 Å². The highest BCUT2D eigenvalue weighted by atomic mass is 16.6. The second-order valence-electron chi connectivity index (χ2n) is 6.43. The lowest BCUT2D eigenvalue weighted by Gasteiger charge is -2.22. The molecule has 1 amide bonds. The monoisotopic (exact) mass is 353 g/mol. The molecule has 4 rings (SSSR count). The predicted octanol–water partition coefficient (Wildman–Crippen LogP) is 2.91. The largest absolute Gasteiger partial charge is 0.486 e. The summed E-state index contributed by atoms with van der Waals surface area (Å²) in [6.07, 6.45) is 1.50. The number of carbonyl (C=O) groups is 2. The SMILES string of the molecule is COC(=O)c1ccccc1NC(=O)C1(c2ccc3c(c2)OCCO3)CC1. The maximum Gasteiger partial charge on any atom is 0.339 e. The molecule has 26 heavy (non-hydrogen) atoms. The van der Waals surface area contributed by atoms with Crippen molar-refractivity contribution in [3.05, 3.63) is 53.6 Å². The van der Waals surface area contributed by atoms with Gasteiger partial charge in [-0.15, -0.1) is 0 Å². The molecule has 2 aliphatic rings. The van der Waals surface area contributed by atoms with Crippen molar-refractivity contribution in [2.75, 3.05) is 25.6 Å². The molecule has 6 heteroatoms. The van der Waals surface area contributed by atoms with Crippen LogP contribution < -0.4 is 14.8 Å². The number of carbonyl (C=O) groups excluding carboxylic acids is 2. The quantitative estimate of drug-likeness (QED) is 0.856. The first-order chi connectivity index (χ1) is 12.6. The summed E-state index contributed by atoms with van der Waals surface area (Å²) in [5.74, 6) is 0.755. The summed E-state index contributed by atoms with van der Waals surface area (Å²) in [6, 6.07) is 12.5. The minimum atomic E-state index is -0.598. The van der Waals surface area contributed by atoms with Crippen LogP contribution in [-0.4, -0.2) is 32.2 Å². The van der Waals surface area contributed by atoms with Gasteiger partial charge in [-0.25, -0.2) is 4.79 Å². The van der Waals surface area contributed by atoms with Crippen molar-refractivity contribution in [2.24, 2.45) is 0 Å². The molecule has 6 nitrogen and oxygen atoms in total. The lowest BCUT2D eigenvalue weighted by atomic mass is 9.94. The molecule has 0 unspecified atom stereocenters. The third kappa shape index (κ3) is 2.77. The van der Waals surface area contributed by atoms with E-state index >= 15 is 0 Å². The normalized spacial score (nSPS) is 16.5. The number of nitrogens with one attached hydrogen (secondary N) is 1. The molecule has 0 aromatic heterocycles. The van der Waals surface area contributed by atoms with Crippen molar-refractivity contribution < 1.29 is 23.8 Å². The third-order valence-electron chi connectivity index (χ3n) is 4.86. The summed E-state index contributed by atoms with van der Waals surface area (Å²) in [7, 11) is 1.32. The molecule has 1 N–H and O–H groups in total. The Morgan fingerprint density at radius 3 is 2.50 bits per heavy atom. The molecule has 1 saturated carbocycles. The number of fused-ring (bicyclic) bond motifs is 1. The fourth-order valence-corrected chi connectivity index (χ4v) is 3.23. The van der Waals surface area contributed by atoms with Gasteiger partial charge in [-0.05, 0) is 42.7 Å². The lowest BCUT2D eigenvalue weighted by Crippen LogP contribution is -2.29. The van der Waals surface area contributed by atoms with Gasteiger partial charge in [-0.2, -0.15) is 0 Å². The van der Waals surface area contributed by atoms with Gasteiger partial charge in [0.2, 0.25) is 5.91 Å². The molecule has 2 aromatic carbocycles. The Bertz CT molecular complexity index is 872. The standard InChI is InChI=1S/C20H19NO5/c1-24-18(22)14-4-2-3-5-15(14)21-19(23)20(8-9-20)13-6-7-16-17(12-13)26-11-10-25-16/h2-7,12H,8-11H2,1H3,(H,21,23). The molecule has 0 spiro atoms. The molecule has 2 aromatic rings. The summed E-state index contributed by atoms with van der Waals surface area (Å²) in [5, 5.41) is 2.90. The van der Waals surface area contributed by atoms with E-state index in [0.717, 1.165) is 18.4 Å². The fourth-order valence-electron chi connectivity index (χ4n) is 3.23. The lowest BCUT2D eigenvalue weighted by molar-refractivity contribution is -0.118. The average molecular weight is 353 g/mol. The van der Waals surface area contributed by atoms with Crippen LogP contribution in [0, 0.1) is 0 Å². The van der Waals surface area contributed by atoms with Crippen LogP contribution in [0.25, 0.3) is 0 Å². The minimum absolute atomic E-state index is 0.134. The Kier molecular flexibility index (Phi) is 4.03. The van der Waals surface area contributed by atoms with Crippen LogP contribution in [0.3, 0.4) is 0 Å². The Morgan fingerprint density at radius 1 is 1.04 bits per heavy atom. The second kappa shape index (κ2) is 6.37. The Morgan fingerprint density at radius 2 is 1.77 bits per heavy atom. The molecular formula is C20H19NO5. The number of anilines is 1. The molecule has 1 aliphatic carbocycles. The number of benzene rings is 2. The Hall–Kier alpha value is -3.02. The zero-order valence-corrected chi connectivity index (χ0v) is 14.4. The van der Waals surface area contributed by atoms with Crippen LogP contribution >= 0.6 is 0 Å². The molecule has 1 heterocycles. The summed E-state index contributed by atoms with van der Waals surface area (Å²) < 4.78 is 16.0. The number of rotatable bonds is 4. The van der Waals surface area contributed by atoms with Crippen molar-refractivity contribution in [3.8, 4) is 11.5 Å². The third-order valence-corrected chi connectivity index (χ3v) is 4.86. The van der Waals surface area contributed by atoms with Crippen molar-refractivity contribution in [2.45, 2.75) is 18.3 Å². The fraction of sp³-hybridized carbons (Fsp3) is 0.300. The maximum atomic E-state index is 13.0. The smallest absolute Gasteiger partial charge is 0.339 e. The van der Waals surface area contributed by atoms with Gasteiger partial charge in [0.25, 0.3) is 0 Å². The van der Waals surface area contributed by atoms with Crippen LogP contribution in [0.5, 0.6) is 11.5 Å². The van der Waals surface area contributed by atoms with Gasteiger partial charge in [0.1, 0.15) is 13.2 Å². The summed E-state index contributed by atoms with van der Waals surface area (Å²) in [4.78, 5) is 24.9. The number of para-hydroxylation sites is 1. The number of hydrogen-bond acceptors (Lipinski definition) is 5. The van der Waals surface area contributed by atoms with E-state index in [1.54, 1.807) is 24.3 Å². The number of hydrogen-bond donors (Lipinski definition) is 1. The molecule has 1 fully saturated rings. The first kappa shape index (κ1) is 16.4.